The third-order valence-electron chi connectivity index (χ3n) is 5.57. The zero-order valence-corrected chi connectivity index (χ0v) is 22.6. The Hall–Kier alpha value is -5.90. The summed E-state index contributed by atoms with van der Waals surface area (Å²) in [7, 11) is 1.62. The van der Waals surface area contributed by atoms with Gasteiger partial charge in [-0.1, -0.05) is 121 Å². The summed E-state index contributed by atoms with van der Waals surface area (Å²) in [6, 6.07) is 36.8. The molecule has 0 bridgehead atoms. The van der Waals surface area contributed by atoms with Crippen LogP contribution in [0.25, 0.3) is 0 Å². The molecule has 0 unspecified atom stereocenters. The Balaban J connectivity index is 0.000000226. The molecule has 4 aromatic carbocycles. The predicted molar refractivity (Wildman–Crippen MR) is 168 cm³/mol. The molecule has 0 saturated heterocycles. The Morgan fingerprint density at radius 3 is 1.32 bits per heavy atom. The lowest BCUT2D eigenvalue weighted by Crippen LogP contribution is -2.33. The van der Waals surface area contributed by atoms with Gasteiger partial charge in [-0.2, -0.15) is 15.0 Å². The minimum Gasteiger partial charge on any atom is -0.383 e. The normalized spacial score (nSPS) is 11.6. The fourth-order valence-electron chi connectivity index (χ4n) is 3.36. The van der Waals surface area contributed by atoms with Gasteiger partial charge >= 0.3 is 0 Å². The van der Waals surface area contributed by atoms with Crippen molar-refractivity contribution in [2.45, 2.75) is 0 Å². The van der Waals surface area contributed by atoms with Gasteiger partial charge in [-0.05, 0) is 0 Å². The molecule has 10 nitrogen and oxygen atoms in total. The molecule has 0 spiro atoms. The van der Waals surface area contributed by atoms with Crippen molar-refractivity contribution in [2.24, 2.45) is 32.2 Å². The third-order valence-corrected chi connectivity index (χ3v) is 5.57. The van der Waals surface area contributed by atoms with Crippen molar-refractivity contribution in [3.05, 3.63) is 144 Å². The van der Waals surface area contributed by atoms with Crippen molar-refractivity contribution in [1.29, 1.82) is 16.2 Å². The number of nitrogens with one attached hydrogen (secondary N) is 3. The van der Waals surface area contributed by atoms with E-state index in [1.165, 1.54) is 4.90 Å². The Labute approximate surface area is 239 Å². The molecule has 0 aliphatic carbocycles. The van der Waals surface area contributed by atoms with Crippen LogP contribution in [0.5, 0.6) is 0 Å². The number of amidine groups is 4. The van der Waals surface area contributed by atoms with E-state index in [9.17, 15) is 0 Å². The van der Waals surface area contributed by atoms with Crippen LogP contribution in [-0.2, 0) is 0 Å². The number of benzene rings is 4. The number of rotatable bonds is 4. The van der Waals surface area contributed by atoms with Gasteiger partial charge in [-0.15, -0.1) is 0 Å². The van der Waals surface area contributed by atoms with Crippen LogP contribution in [0, 0.1) is 16.2 Å². The second kappa shape index (κ2) is 14.9. The molecule has 0 radical (unpaired) electrons. The van der Waals surface area contributed by atoms with Crippen LogP contribution in [0.15, 0.2) is 136 Å². The highest BCUT2D eigenvalue weighted by Gasteiger charge is 2.12. The van der Waals surface area contributed by atoms with E-state index in [-0.39, 0.29) is 35.3 Å². The average molecular weight is 545 g/mol. The number of aliphatic imine (C=N–C) groups is 3. The highest BCUT2D eigenvalue weighted by Crippen LogP contribution is 2.05. The highest BCUT2D eigenvalue weighted by atomic mass is 15.3. The topological polar surface area (TPSA) is 190 Å². The first kappa shape index (κ1) is 29.7. The third kappa shape index (κ3) is 9.11. The van der Waals surface area contributed by atoms with Gasteiger partial charge in [0.2, 0.25) is 11.9 Å². The molecule has 41 heavy (non-hydrogen) atoms. The lowest BCUT2D eigenvalue weighted by atomic mass is 10.2. The number of nitrogens with two attached hydrogens (primary N) is 3. The molecule has 0 atom stereocenters. The minimum atomic E-state index is -0.0785. The molecule has 10 heteroatoms. The first-order chi connectivity index (χ1) is 19.8. The summed E-state index contributed by atoms with van der Waals surface area (Å²) in [4.78, 5) is 13.4. The van der Waals surface area contributed by atoms with Gasteiger partial charge in [0, 0.05) is 29.3 Å². The summed E-state index contributed by atoms with van der Waals surface area (Å²) in [6.07, 6.45) is 0. The summed E-state index contributed by atoms with van der Waals surface area (Å²) < 4.78 is 0. The molecule has 4 aromatic rings. The molecule has 0 saturated carbocycles. The van der Waals surface area contributed by atoms with Crippen LogP contribution in [0.3, 0.4) is 0 Å². The number of hydrogen-bond acceptors (Lipinski definition) is 3. The average Bonchev–Trinajstić information content (AvgIpc) is 3.02. The first-order valence-corrected chi connectivity index (χ1v) is 12.5. The molecule has 4 rings (SSSR count). The van der Waals surface area contributed by atoms with Crippen molar-refractivity contribution in [2.75, 3.05) is 7.05 Å². The number of nitrogens with zero attached hydrogens (tertiary/aromatic N) is 4. The summed E-state index contributed by atoms with van der Waals surface area (Å²) in [6.45, 7) is 0. The number of hydrogen-bond donors (Lipinski definition) is 6. The quantitative estimate of drug-likeness (QED) is 0.167. The molecule has 0 aliphatic heterocycles. The van der Waals surface area contributed by atoms with Gasteiger partial charge in [0.1, 0.15) is 17.5 Å². The number of guanidine groups is 2. The maximum Gasteiger partial charge on any atom is 0.225 e. The Bertz CT molecular complexity index is 1550. The monoisotopic (exact) mass is 544 g/mol. The van der Waals surface area contributed by atoms with E-state index in [4.69, 9.17) is 33.4 Å². The standard InChI is InChI=1S/C16H17N5.C15H15N5/c1-21(15(18)13-10-6-3-7-11-13)16(19)20-14(17)12-8-4-2-5-9-12;16-13(11-7-3-1-4-8-11)19-15(18)20-14(17)12-9-5-2-6-10-12/h2-11,18H,1H3,(H3,17,19,20);1-10H,(H5,16,17,18,19,20). The van der Waals surface area contributed by atoms with Gasteiger partial charge in [-0.25, -0.2) is 0 Å². The smallest absolute Gasteiger partial charge is 0.225 e. The van der Waals surface area contributed by atoms with Crippen LogP contribution in [-0.4, -0.2) is 47.2 Å². The molecular weight excluding hydrogens is 512 g/mol. The summed E-state index contributed by atoms with van der Waals surface area (Å²) in [5.41, 5.74) is 20.3. The van der Waals surface area contributed by atoms with Crippen molar-refractivity contribution in [3.8, 4) is 0 Å². The SMILES string of the molecule is CN(C(=N)N=C(N)c1ccccc1)C(=N)c1ccccc1.N=C(N=C(N)N=C(N)c1ccccc1)c1ccccc1. The molecule has 0 aliphatic rings. The highest BCUT2D eigenvalue weighted by molar-refractivity contribution is 6.11. The van der Waals surface area contributed by atoms with Gasteiger partial charge in [-0.3, -0.25) is 21.1 Å². The summed E-state index contributed by atoms with van der Waals surface area (Å²) in [5, 5.41) is 23.9. The molecule has 0 aromatic heterocycles. The van der Waals surface area contributed by atoms with E-state index >= 15 is 0 Å². The fraction of sp³-hybridized carbons (Fsp3) is 0.0323. The van der Waals surface area contributed by atoms with E-state index in [1.54, 1.807) is 19.2 Å². The van der Waals surface area contributed by atoms with Crippen molar-refractivity contribution < 1.29 is 0 Å². The predicted octanol–water partition coefficient (Wildman–Crippen LogP) is 4.02. The van der Waals surface area contributed by atoms with Gasteiger partial charge < -0.3 is 17.2 Å². The lowest BCUT2D eigenvalue weighted by Gasteiger charge is -2.18. The van der Waals surface area contributed by atoms with Crippen LogP contribution in [0.1, 0.15) is 22.3 Å². The molecular formula is C31H32N10. The molecule has 206 valence electrons. The van der Waals surface area contributed by atoms with E-state index in [1.807, 2.05) is 109 Å². The summed E-state index contributed by atoms with van der Waals surface area (Å²) in [5.74, 6) is 0.657. The molecule has 0 heterocycles. The molecule has 9 N–H and O–H groups in total. The minimum absolute atomic E-state index is 0.0415. The Morgan fingerprint density at radius 1 is 0.512 bits per heavy atom. The van der Waals surface area contributed by atoms with Crippen LogP contribution in [0.2, 0.25) is 0 Å². The van der Waals surface area contributed by atoms with Crippen LogP contribution < -0.4 is 17.2 Å². The fourth-order valence-corrected chi connectivity index (χ4v) is 3.36. The van der Waals surface area contributed by atoms with E-state index in [2.05, 4.69) is 15.0 Å². The van der Waals surface area contributed by atoms with E-state index < -0.39 is 0 Å². The van der Waals surface area contributed by atoms with E-state index in [0.717, 1.165) is 16.7 Å². The lowest BCUT2D eigenvalue weighted by molar-refractivity contribution is 0.729. The largest absolute Gasteiger partial charge is 0.383 e. The maximum absolute atomic E-state index is 8.09. The van der Waals surface area contributed by atoms with E-state index in [0.29, 0.717) is 5.56 Å². The zero-order valence-electron chi connectivity index (χ0n) is 22.6. The second-order valence-electron chi connectivity index (χ2n) is 8.51. The summed E-state index contributed by atoms with van der Waals surface area (Å²) >= 11 is 0. The van der Waals surface area contributed by atoms with Gasteiger partial charge in [0.05, 0.1) is 0 Å². The second-order valence-corrected chi connectivity index (χ2v) is 8.51. The molecule has 0 amide bonds. The van der Waals surface area contributed by atoms with Crippen LogP contribution >= 0.6 is 0 Å². The first-order valence-electron chi connectivity index (χ1n) is 12.5. The van der Waals surface area contributed by atoms with Crippen LogP contribution in [0.4, 0.5) is 0 Å². The van der Waals surface area contributed by atoms with Crippen molar-refractivity contribution in [3.63, 3.8) is 0 Å². The van der Waals surface area contributed by atoms with Gasteiger partial charge in [0.25, 0.3) is 0 Å². The Kier molecular flexibility index (Phi) is 10.8. The van der Waals surface area contributed by atoms with Gasteiger partial charge in [0.15, 0.2) is 5.84 Å². The molecule has 0 fully saturated rings. The van der Waals surface area contributed by atoms with Crippen molar-refractivity contribution >= 4 is 35.3 Å². The zero-order chi connectivity index (χ0) is 29.6. The van der Waals surface area contributed by atoms with Crippen molar-refractivity contribution in [1.82, 2.24) is 4.90 Å². The Morgan fingerprint density at radius 2 is 0.878 bits per heavy atom. The maximum atomic E-state index is 8.09.